The van der Waals surface area contributed by atoms with E-state index >= 15 is 0 Å². The lowest BCUT2D eigenvalue weighted by Crippen LogP contribution is -2.70. The van der Waals surface area contributed by atoms with Gasteiger partial charge in [-0.3, -0.25) is 19.8 Å². The SMILES string of the molecule is O=C(Oc1ccc([N+](=O)[O-])cc1)Oc1ccc2c3c1O[C@H]1C(=O)CC(O)C4[C@@H](C2)N(CC2CC2)CC[C@@]341. The number of hydrogen-bond donors (Lipinski definition) is 1. The van der Waals surface area contributed by atoms with Crippen LogP contribution in [0.25, 0.3) is 0 Å². The molecule has 1 N–H and O–H groups in total. The number of ether oxygens (including phenoxy) is 3. The maximum Gasteiger partial charge on any atom is 0.519 e. The van der Waals surface area contributed by atoms with Gasteiger partial charge in [-0.05, 0) is 61.9 Å². The van der Waals surface area contributed by atoms with Crippen molar-refractivity contribution >= 4 is 17.6 Å². The third-order valence-corrected chi connectivity index (χ3v) is 8.85. The van der Waals surface area contributed by atoms with E-state index in [2.05, 4.69) is 4.90 Å². The molecule has 37 heavy (non-hydrogen) atoms. The fourth-order valence-corrected chi connectivity index (χ4v) is 7.24. The van der Waals surface area contributed by atoms with Crippen molar-refractivity contribution in [2.24, 2.45) is 11.8 Å². The molecule has 0 amide bonds. The third kappa shape index (κ3) is 3.39. The fraction of sp³-hybridized carbons (Fsp3) is 0.481. The van der Waals surface area contributed by atoms with E-state index in [1.165, 1.54) is 37.1 Å². The van der Waals surface area contributed by atoms with Crippen LogP contribution in [0, 0.1) is 22.0 Å². The van der Waals surface area contributed by atoms with Crippen molar-refractivity contribution in [2.75, 3.05) is 13.1 Å². The first kappa shape index (κ1) is 22.7. The molecule has 2 saturated carbocycles. The number of likely N-dealkylation sites (tertiary alicyclic amines) is 1. The number of non-ortho nitro benzene ring substituents is 1. The molecule has 2 unspecified atom stereocenters. The van der Waals surface area contributed by atoms with Crippen molar-refractivity contribution in [3.8, 4) is 17.2 Å². The molecule has 0 aromatic heterocycles. The van der Waals surface area contributed by atoms with Gasteiger partial charge < -0.3 is 19.3 Å². The highest BCUT2D eigenvalue weighted by molar-refractivity contribution is 5.90. The molecule has 2 heterocycles. The van der Waals surface area contributed by atoms with Crippen molar-refractivity contribution in [2.45, 2.75) is 55.8 Å². The van der Waals surface area contributed by atoms with Crippen LogP contribution in [0.2, 0.25) is 0 Å². The normalized spacial score (nSPS) is 31.3. The number of aliphatic hydroxyl groups excluding tert-OH is 1. The van der Waals surface area contributed by atoms with Crippen molar-refractivity contribution in [3.63, 3.8) is 0 Å². The van der Waals surface area contributed by atoms with Crippen LogP contribution in [-0.4, -0.2) is 58.2 Å². The van der Waals surface area contributed by atoms with Gasteiger partial charge in [0.05, 0.1) is 16.4 Å². The third-order valence-electron chi connectivity index (χ3n) is 8.85. The quantitative estimate of drug-likeness (QED) is 0.281. The van der Waals surface area contributed by atoms with Crippen molar-refractivity contribution in [1.82, 2.24) is 4.90 Å². The Morgan fingerprint density at radius 2 is 1.95 bits per heavy atom. The Hall–Kier alpha value is -3.50. The second kappa shape index (κ2) is 8.00. The van der Waals surface area contributed by atoms with Gasteiger partial charge in [-0.2, -0.15) is 0 Å². The highest BCUT2D eigenvalue weighted by Crippen LogP contribution is 2.63. The van der Waals surface area contributed by atoms with E-state index in [0.717, 1.165) is 36.6 Å². The van der Waals surface area contributed by atoms with Crippen molar-refractivity contribution in [3.05, 3.63) is 57.6 Å². The molecular formula is C27H26N2O8. The average Bonchev–Trinajstić information content (AvgIpc) is 3.61. The number of rotatable bonds is 5. The lowest BCUT2D eigenvalue weighted by molar-refractivity contribution is -0.384. The number of carbonyl (C=O) groups excluding carboxylic acids is 2. The minimum atomic E-state index is -1.02. The minimum Gasteiger partial charge on any atom is -0.477 e. The molecule has 2 aromatic rings. The van der Waals surface area contributed by atoms with Crippen molar-refractivity contribution < 1.29 is 33.8 Å². The molecule has 3 aliphatic carbocycles. The zero-order valence-corrected chi connectivity index (χ0v) is 20.0. The van der Waals surface area contributed by atoms with E-state index in [4.69, 9.17) is 14.2 Å². The highest BCUT2D eigenvalue weighted by atomic mass is 16.7. The molecule has 1 saturated heterocycles. The summed E-state index contributed by atoms with van der Waals surface area (Å²) < 4.78 is 17.1. The lowest BCUT2D eigenvalue weighted by atomic mass is 9.51. The van der Waals surface area contributed by atoms with Gasteiger partial charge in [0.1, 0.15) is 5.75 Å². The minimum absolute atomic E-state index is 0.0621. The molecular weight excluding hydrogens is 480 g/mol. The van der Waals surface area contributed by atoms with Crippen LogP contribution in [0.1, 0.15) is 36.8 Å². The molecule has 2 aliphatic heterocycles. The predicted molar refractivity (Wildman–Crippen MR) is 128 cm³/mol. The van der Waals surface area contributed by atoms with E-state index in [1.807, 2.05) is 6.07 Å². The van der Waals surface area contributed by atoms with Gasteiger partial charge in [0.25, 0.3) is 5.69 Å². The Labute approximate surface area is 212 Å². The Bertz CT molecular complexity index is 1320. The van der Waals surface area contributed by atoms with Crippen molar-refractivity contribution in [1.29, 1.82) is 0 Å². The summed E-state index contributed by atoms with van der Waals surface area (Å²) in [5.74, 6) is 1.11. The number of nitro groups is 1. The maximum atomic E-state index is 13.2. The zero-order valence-electron chi connectivity index (χ0n) is 20.0. The largest absolute Gasteiger partial charge is 0.519 e. The van der Waals surface area contributed by atoms with E-state index < -0.39 is 28.7 Å². The van der Waals surface area contributed by atoms with Crippen LogP contribution in [0.3, 0.4) is 0 Å². The summed E-state index contributed by atoms with van der Waals surface area (Å²) in [6.45, 7) is 1.87. The first-order chi connectivity index (χ1) is 17.8. The van der Waals surface area contributed by atoms with E-state index in [1.54, 1.807) is 6.07 Å². The summed E-state index contributed by atoms with van der Waals surface area (Å²) in [6, 6.07) is 8.83. The molecule has 2 bridgehead atoms. The average molecular weight is 507 g/mol. The number of Topliss-reactive ketones (excluding diaryl/α,β-unsaturated/α-hetero) is 1. The smallest absolute Gasteiger partial charge is 0.477 e. The number of aliphatic hydroxyl groups is 1. The van der Waals surface area contributed by atoms with Gasteiger partial charge in [-0.15, -0.1) is 0 Å². The molecule has 0 radical (unpaired) electrons. The molecule has 2 aromatic carbocycles. The Kier molecular flexibility index (Phi) is 4.90. The molecule has 10 nitrogen and oxygen atoms in total. The number of carbonyl (C=O) groups is 2. The summed E-state index contributed by atoms with van der Waals surface area (Å²) in [4.78, 5) is 38.6. The second-order valence-corrected chi connectivity index (χ2v) is 10.9. The zero-order chi connectivity index (χ0) is 25.5. The Morgan fingerprint density at radius 3 is 2.68 bits per heavy atom. The van der Waals surface area contributed by atoms with Crippen LogP contribution in [0.15, 0.2) is 36.4 Å². The molecule has 10 heteroatoms. The summed E-state index contributed by atoms with van der Waals surface area (Å²) in [5, 5.41) is 22.0. The van der Waals surface area contributed by atoms with Crippen LogP contribution in [0.4, 0.5) is 10.5 Å². The number of nitrogens with zero attached hydrogens (tertiary/aromatic N) is 2. The maximum absolute atomic E-state index is 13.2. The van der Waals surface area contributed by atoms with Crippen LogP contribution in [0.5, 0.6) is 17.2 Å². The van der Waals surface area contributed by atoms with E-state index in [-0.39, 0.29) is 41.4 Å². The van der Waals surface area contributed by atoms with Crippen LogP contribution >= 0.6 is 0 Å². The predicted octanol–water partition coefficient (Wildman–Crippen LogP) is 3.16. The van der Waals surface area contributed by atoms with Gasteiger partial charge in [0, 0.05) is 42.6 Å². The topological polar surface area (TPSA) is 128 Å². The number of nitro benzene ring substituents is 1. The fourth-order valence-electron chi connectivity index (χ4n) is 7.24. The summed E-state index contributed by atoms with van der Waals surface area (Å²) in [7, 11) is 0. The first-order valence-electron chi connectivity index (χ1n) is 12.8. The lowest BCUT2D eigenvalue weighted by Gasteiger charge is -2.59. The molecule has 5 atom stereocenters. The van der Waals surface area contributed by atoms with Gasteiger partial charge in [-0.25, -0.2) is 4.79 Å². The monoisotopic (exact) mass is 506 g/mol. The second-order valence-electron chi connectivity index (χ2n) is 10.9. The van der Waals surface area contributed by atoms with Crippen LogP contribution < -0.4 is 14.2 Å². The summed E-state index contributed by atoms with van der Waals surface area (Å²) in [6.07, 6.45) is 1.54. The molecule has 1 spiro atoms. The van der Waals surface area contributed by atoms with Gasteiger partial charge in [0.15, 0.2) is 23.4 Å². The Balaban J connectivity index is 1.21. The molecule has 5 aliphatic rings. The summed E-state index contributed by atoms with van der Waals surface area (Å²) in [5.41, 5.74) is 1.20. The number of ketones is 1. The van der Waals surface area contributed by atoms with Gasteiger partial charge >= 0.3 is 6.16 Å². The van der Waals surface area contributed by atoms with Gasteiger partial charge in [0.2, 0.25) is 0 Å². The number of piperidine rings is 1. The summed E-state index contributed by atoms with van der Waals surface area (Å²) >= 11 is 0. The van der Waals surface area contributed by atoms with Gasteiger partial charge in [-0.1, -0.05) is 6.07 Å². The number of hydrogen-bond acceptors (Lipinski definition) is 9. The molecule has 192 valence electrons. The Morgan fingerprint density at radius 1 is 1.16 bits per heavy atom. The van der Waals surface area contributed by atoms with Crippen LogP contribution in [-0.2, 0) is 16.6 Å². The molecule has 7 rings (SSSR count). The highest BCUT2D eigenvalue weighted by Gasteiger charge is 2.68. The first-order valence-corrected chi connectivity index (χ1v) is 12.8. The number of benzene rings is 2. The van der Waals surface area contributed by atoms with E-state index in [0.29, 0.717) is 12.2 Å². The van der Waals surface area contributed by atoms with E-state index in [9.17, 15) is 24.8 Å². The molecule has 3 fully saturated rings. The standard InChI is InChI=1S/C27H26N2O8/c30-19-12-20(31)25-27-9-10-28(13-14-1-2-14)18(23(19)27)11-15-3-8-21(24(37-25)22(15)27)36-26(32)35-17-6-4-16(5-7-17)29(33)34/h3-8,14,18-19,23,25,30H,1-2,9-13H2/t18-,19?,23?,25+,27-/m1/s1.